The molecule has 0 amide bonds. The van der Waals surface area contributed by atoms with Crippen molar-refractivity contribution < 1.29 is 8.42 Å². The SMILES string of the molecule is NNc1cccnc1S(=O)(=O)NCc1ccccc1Cl. The van der Waals surface area contributed by atoms with Crippen molar-refractivity contribution in [1.29, 1.82) is 0 Å². The van der Waals surface area contributed by atoms with Gasteiger partial charge in [0.2, 0.25) is 0 Å². The topological polar surface area (TPSA) is 97.1 Å². The average molecular weight is 313 g/mol. The molecule has 0 saturated heterocycles. The van der Waals surface area contributed by atoms with Gasteiger partial charge in [0.05, 0.1) is 5.69 Å². The van der Waals surface area contributed by atoms with Crippen LogP contribution >= 0.6 is 11.6 Å². The molecule has 6 nitrogen and oxygen atoms in total. The van der Waals surface area contributed by atoms with E-state index in [0.29, 0.717) is 10.6 Å². The van der Waals surface area contributed by atoms with Crippen molar-refractivity contribution in [2.45, 2.75) is 11.6 Å². The van der Waals surface area contributed by atoms with Gasteiger partial charge in [-0.25, -0.2) is 18.1 Å². The molecule has 2 rings (SSSR count). The minimum Gasteiger partial charge on any atom is -0.321 e. The third kappa shape index (κ3) is 3.26. The standard InChI is InChI=1S/C12H13ClN4O2S/c13-10-5-2-1-4-9(10)8-16-20(18,19)12-11(17-14)6-3-7-15-12/h1-7,16-17H,8,14H2. The molecule has 4 N–H and O–H groups in total. The summed E-state index contributed by atoms with van der Waals surface area (Å²) in [6, 6.07) is 10.1. The first-order chi connectivity index (χ1) is 9.54. The molecule has 106 valence electrons. The van der Waals surface area contributed by atoms with Crippen molar-refractivity contribution in [3.8, 4) is 0 Å². The fraction of sp³-hybridized carbons (Fsp3) is 0.0833. The Hall–Kier alpha value is -1.67. The summed E-state index contributed by atoms with van der Waals surface area (Å²) in [4.78, 5) is 3.83. The van der Waals surface area contributed by atoms with E-state index in [9.17, 15) is 8.42 Å². The Morgan fingerprint density at radius 2 is 1.95 bits per heavy atom. The lowest BCUT2D eigenvalue weighted by atomic mass is 10.2. The monoisotopic (exact) mass is 312 g/mol. The van der Waals surface area contributed by atoms with Crippen LogP contribution in [-0.2, 0) is 16.6 Å². The van der Waals surface area contributed by atoms with E-state index < -0.39 is 10.0 Å². The molecule has 0 unspecified atom stereocenters. The number of hydrazine groups is 1. The predicted octanol–water partition coefficient (Wildman–Crippen LogP) is 1.50. The third-order valence-electron chi connectivity index (χ3n) is 2.59. The molecular weight excluding hydrogens is 300 g/mol. The molecule has 0 atom stereocenters. The molecule has 0 radical (unpaired) electrons. The number of nitrogens with zero attached hydrogens (tertiary/aromatic N) is 1. The molecule has 0 saturated carbocycles. The highest BCUT2D eigenvalue weighted by Gasteiger charge is 2.19. The van der Waals surface area contributed by atoms with Crippen LogP contribution in [0.5, 0.6) is 0 Å². The Bertz CT molecular complexity index is 706. The van der Waals surface area contributed by atoms with Gasteiger partial charge in [-0.1, -0.05) is 29.8 Å². The quantitative estimate of drug-likeness (QED) is 0.574. The largest absolute Gasteiger partial charge is 0.321 e. The molecule has 1 aromatic carbocycles. The molecule has 8 heteroatoms. The summed E-state index contributed by atoms with van der Waals surface area (Å²) in [6.07, 6.45) is 1.38. The Morgan fingerprint density at radius 1 is 1.20 bits per heavy atom. The summed E-state index contributed by atoms with van der Waals surface area (Å²) in [6.45, 7) is 0.0720. The molecule has 20 heavy (non-hydrogen) atoms. The van der Waals surface area contributed by atoms with Gasteiger partial charge in [0.15, 0.2) is 5.03 Å². The molecule has 0 aliphatic rings. The summed E-state index contributed by atoms with van der Waals surface area (Å²) in [5.74, 6) is 5.28. The lowest BCUT2D eigenvalue weighted by Gasteiger charge is -2.10. The van der Waals surface area contributed by atoms with Gasteiger partial charge in [-0.05, 0) is 23.8 Å². The Kier molecular flexibility index (Phi) is 4.56. The van der Waals surface area contributed by atoms with Gasteiger partial charge in [0.25, 0.3) is 10.0 Å². The smallest absolute Gasteiger partial charge is 0.260 e. The molecule has 0 bridgehead atoms. The second-order valence-electron chi connectivity index (χ2n) is 3.92. The summed E-state index contributed by atoms with van der Waals surface area (Å²) in [5.41, 5.74) is 3.20. The van der Waals surface area contributed by atoms with E-state index in [1.807, 2.05) is 0 Å². The number of aromatic nitrogens is 1. The second kappa shape index (κ2) is 6.19. The van der Waals surface area contributed by atoms with Crippen molar-refractivity contribution >= 4 is 27.3 Å². The van der Waals surface area contributed by atoms with Crippen molar-refractivity contribution in [3.05, 3.63) is 53.2 Å². The van der Waals surface area contributed by atoms with Gasteiger partial charge >= 0.3 is 0 Å². The highest BCUT2D eigenvalue weighted by atomic mass is 35.5. The van der Waals surface area contributed by atoms with Crippen LogP contribution in [0.3, 0.4) is 0 Å². The van der Waals surface area contributed by atoms with Crippen molar-refractivity contribution in [2.24, 2.45) is 5.84 Å². The van der Waals surface area contributed by atoms with E-state index >= 15 is 0 Å². The van der Waals surface area contributed by atoms with E-state index in [0.717, 1.165) is 0 Å². The van der Waals surface area contributed by atoms with Crippen LogP contribution in [-0.4, -0.2) is 13.4 Å². The van der Waals surface area contributed by atoms with Gasteiger partial charge in [-0.2, -0.15) is 0 Å². The summed E-state index contributed by atoms with van der Waals surface area (Å²) < 4.78 is 26.8. The zero-order valence-corrected chi connectivity index (χ0v) is 11.9. The van der Waals surface area contributed by atoms with Gasteiger partial charge in [-0.15, -0.1) is 0 Å². The maximum atomic E-state index is 12.2. The Labute approximate surface area is 122 Å². The van der Waals surface area contributed by atoms with Crippen LogP contribution in [0.2, 0.25) is 5.02 Å². The molecule has 2 aromatic rings. The van der Waals surface area contributed by atoms with E-state index in [1.54, 1.807) is 30.3 Å². The normalized spacial score (nSPS) is 11.3. The average Bonchev–Trinajstić information content (AvgIpc) is 2.46. The zero-order chi connectivity index (χ0) is 14.6. The minimum atomic E-state index is -3.78. The number of halogens is 1. The number of benzene rings is 1. The Balaban J connectivity index is 2.22. The maximum Gasteiger partial charge on any atom is 0.260 e. The maximum absolute atomic E-state index is 12.2. The molecule has 0 fully saturated rings. The second-order valence-corrected chi connectivity index (χ2v) is 6.01. The van der Waals surface area contributed by atoms with E-state index in [-0.39, 0.29) is 17.3 Å². The minimum absolute atomic E-state index is 0.0720. The molecule has 1 heterocycles. The number of anilines is 1. The van der Waals surface area contributed by atoms with Crippen LogP contribution in [0.4, 0.5) is 5.69 Å². The summed E-state index contributed by atoms with van der Waals surface area (Å²) in [7, 11) is -3.78. The third-order valence-corrected chi connectivity index (χ3v) is 4.32. The van der Waals surface area contributed by atoms with Crippen LogP contribution in [0.15, 0.2) is 47.6 Å². The van der Waals surface area contributed by atoms with E-state index in [1.165, 1.54) is 12.3 Å². The Morgan fingerprint density at radius 3 is 2.65 bits per heavy atom. The predicted molar refractivity (Wildman–Crippen MR) is 77.5 cm³/mol. The van der Waals surface area contributed by atoms with Gasteiger partial charge in [0.1, 0.15) is 0 Å². The molecule has 0 aliphatic heterocycles. The fourth-order valence-electron chi connectivity index (χ4n) is 1.60. The number of nitrogens with one attached hydrogen (secondary N) is 2. The highest BCUT2D eigenvalue weighted by Crippen LogP contribution is 2.18. The summed E-state index contributed by atoms with van der Waals surface area (Å²) in [5, 5.41) is 0.336. The van der Waals surface area contributed by atoms with Gasteiger partial charge < -0.3 is 5.43 Å². The number of hydrogen-bond donors (Lipinski definition) is 3. The van der Waals surface area contributed by atoms with Gasteiger partial charge in [0, 0.05) is 17.8 Å². The number of hydrogen-bond acceptors (Lipinski definition) is 5. The summed E-state index contributed by atoms with van der Waals surface area (Å²) >= 11 is 5.97. The van der Waals surface area contributed by atoms with Crippen LogP contribution in [0.25, 0.3) is 0 Å². The van der Waals surface area contributed by atoms with E-state index in [4.69, 9.17) is 17.4 Å². The number of pyridine rings is 1. The lowest BCUT2D eigenvalue weighted by Crippen LogP contribution is -2.26. The first kappa shape index (κ1) is 14.7. The van der Waals surface area contributed by atoms with Crippen LogP contribution < -0.4 is 16.0 Å². The van der Waals surface area contributed by atoms with Crippen molar-refractivity contribution in [2.75, 3.05) is 5.43 Å². The zero-order valence-electron chi connectivity index (χ0n) is 10.4. The number of nitrogens with two attached hydrogens (primary N) is 1. The highest BCUT2D eigenvalue weighted by molar-refractivity contribution is 7.89. The van der Waals surface area contributed by atoms with Crippen molar-refractivity contribution in [3.63, 3.8) is 0 Å². The number of nitrogen functional groups attached to an aromatic ring is 1. The molecular formula is C12H13ClN4O2S. The van der Waals surface area contributed by atoms with E-state index in [2.05, 4.69) is 15.1 Å². The van der Waals surface area contributed by atoms with Gasteiger partial charge in [-0.3, -0.25) is 5.84 Å². The first-order valence-electron chi connectivity index (χ1n) is 5.69. The molecule has 1 aromatic heterocycles. The first-order valence-corrected chi connectivity index (χ1v) is 7.55. The number of sulfonamides is 1. The molecule has 0 spiro atoms. The van der Waals surface area contributed by atoms with Crippen LogP contribution in [0.1, 0.15) is 5.56 Å². The lowest BCUT2D eigenvalue weighted by molar-refractivity contribution is 0.578. The molecule has 0 aliphatic carbocycles. The fourth-order valence-corrected chi connectivity index (χ4v) is 2.90. The van der Waals surface area contributed by atoms with Crippen molar-refractivity contribution in [1.82, 2.24) is 9.71 Å². The number of rotatable bonds is 5. The van der Waals surface area contributed by atoms with Crippen LogP contribution in [0, 0.1) is 0 Å².